The second kappa shape index (κ2) is 5.90. The maximum Gasteiger partial charge on any atom is 0.129 e. The molecule has 2 rings (SSSR count). The van der Waals surface area contributed by atoms with E-state index in [0.29, 0.717) is 5.56 Å². The molecule has 0 saturated heterocycles. The molecule has 0 aromatic heterocycles. The molecule has 0 bridgehead atoms. The fraction of sp³-hybridized carbons (Fsp3) is 0.250. The van der Waals surface area contributed by atoms with Crippen LogP contribution in [0.3, 0.4) is 0 Å². The number of halogens is 3. The van der Waals surface area contributed by atoms with Gasteiger partial charge in [0.15, 0.2) is 0 Å². The second-order valence-electron chi connectivity index (χ2n) is 4.78. The van der Waals surface area contributed by atoms with Crippen molar-refractivity contribution in [2.45, 2.75) is 25.4 Å². The van der Waals surface area contributed by atoms with Crippen molar-refractivity contribution in [3.05, 3.63) is 70.2 Å². The van der Waals surface area contributed by atoms with Crippen molar-refractivity contribution in [1.29, 1.82) is 0 Å². The maximum atomic E-state index is 13.9. The van der Waals surface area contributed by atoms with Crippen LogP contribution in [0.25, 0.3) is 0 Å². The topological polar surface area (TPSA) is 20.2 Å². The Bertz CT molecular complexity index is 615. The molecule has 1 N–H and O–H groups in total. The highest BCUT2D eigenvalue weighted by molar-refractivity contribution is 6.30. The second-order valence-corrected chi connectivity index (χ2v) is 5.21. The van der Waals surface area contributed by atoms with E-state index in [1.165, 1.54) is 24.3 Å². The van der Waals surface area contributed by atoms with Gasteiger partial charge < -0.3 is 5.11 Å². The van der Waals surface area contributed by atoms with Crippen LogP contribution in [0.5, 0.6) is 0 Å². The van der Waals surface area contributed by atoms with Gasteiger partial charge in [-0.3, -0.25) is 0 Å². The van der Waals surface area contributed by atoms with Crippen molar-refractivity contribution in [2.24, 2.45) is 0 Å². The highest BCUT2D eigenvalue weighted by Crippen LogP contribution is 2.32. The molecule has 20 heavy (non-hydrogen) atoms. The van der Waals surface area contributed by atoms with E-state index in [1.54, 1.807) is 25.1 Å². The van der Waals surface area contributed by atoms with E-state index in [1.807, 2.05) is 0 Å². The lowest BCUT2D eigenvalue weighted by atomic mass is 9.84. The Kier molecular flexibility index (Phi) is 4.41. The van der Waals surface area contributed by atoms with Crippen molar-refractivity contribution in [1.82, 2.24) is 0 Å². The Morgan fingerprint density at radius 2 is 1.80 bits per heavy atom. The van der Waals surface area contributed by atoms with Gasteiger partial charge in [-0.15, -0.1) is 0 Å². The van der Waals surface area contributed by atoms with Gasteiger partial charge in [0.25, 0.3) is 0 Å². The average molecular weight is 297 g/mol. The van der Waals surface area contributed by atoms with Crippen LogP contribution >= 0.6 is 11.6 Å². The molecule has 1 nitrogen and oxygen atoms in total. The van der Waals surface area contributed by atoms with Gasteiger partial charge in [0.2, 0.25) is 0 Å². The Balaban J connectivity index is 2.39. The average Bonchev–Trinajstić information content (AvgIpc) is 2.42. The number of benzene rings is 2. The molecule has 2 aromatic carbocycles. The summed E-state index contributed by atoms with van der Waals surface area (Å²) in [7, 11) is 0. The molecule has 0 aliphatic heterocycles. The molecule has 106 valence electrons. The molecule has 1 unspecified atom stereocenters. The summed E-state index contributed by atoms with van der Waals surface area (Å²) < 4.78 is 27.7. The van der Waals surface area contributed by atoms with Gasteiger partial charge in [-0.25, -0.2) is 8.78 Å². The Hall–Kier alpha value is -1.45. The van der Waals surface area contributed by atoms with E-state index < -0.39 is 17.2 Å². The molecule has 0 saturated carbocycles. The summed E-state index contributed by atoms with van der Waals surface area (Å²) in [6.45, 7) is 1.74. The van der Waals surface area contributed by atoms with E-state index in [2.05, 4.69) is 0 Å². The minimum absolute atomic E-state index is 0.00651. The summed E-state index contributed by atoms with van der Waals surface area (Å²) >= 11 is 5.70. The van der Waals surface area contributed by atoms with Crippen molar-refractivity contribution in [3.8, 4) is 0 Å². The van der Waals surface area contributed by atoms with E-state index >= 15 is 0 Å². The lowest BCUT2D eigenvalue weighted by Crippen LogP contribution is -2.29. The van der Waals surface area contributed by atoms with Crippen molar-refractivity contribution >= 4 is 11.6 Å². The Labute approximate surface area is 121 Å². The third kappa shape index (κ3) is 3.00. The van der Waals surface area contributed by atoms with Crippen molar-refractivity contribution < 1.29 is 13.9 Å². The zero-order valence-electron chi connectivity index (χ0n) is 11.0. The molecule has 2 aromatic rings. The SMILES string of the molecule is CCC(O)(Cc1ccc(Cl)cc1F)c1ccccc1F. The first-order chi connectivity index (χ1) is 9.46. The molecule has 0 radical (unpaired) electrons. The zero-order valence-corrected chi connectivity index (χ0v) is 11.8. The van der Waals surface area contributed by atoms with Crippen molar-refractivity contribution in [2.75, 3.05) is 0 Å². The number of hydrogen-bond acceptors (Lipinski definition) is 1. The predicted octanol–water partition coefficient (Wildman–Crippen LogP) is 4.46. The predicted molar refractivity (Wildman–Crippen MR) is 75.7 cm³/mol. The van der Waals surface area contributed by atoms with E-state index in [0.717, 1.165) is 0 Å². The van der Waals surface area contributed by atoms with Crippen LogP contribution in [0.4, 0.5) is 8.78 Å². The van der Waals surface area contributed by atoms with Gasteiger partial charge in [-0.1, -0.05) is 42.8 Å². The van der Waals surface area contributed by atoms with Gasteiger partial charge in [0.05, 0.1) is 5.60 Å². The monoisotopic (exact) mass is 296 g/mol. The van der Waals surface area contributed by atoms with Crippen LogP contribution in [0.15, 0.2) is 42.5 Å². The van der Waals surface area contributed by atoms with E-state index in [-0.39, 0.29) is 23.4 Å². The summed E-state index contributed by atoms with van der Waals surface area (Å²) in [5, 5.41) is 11.0. The fourth-order valence-electron chi connectivity index (χ4n) is 2.23. The van der Waals surface area contributed by atoms with Crippen LogP contribution in [-0.4, -0.2) is 5.11 Å². The zero-order chi connectivity index (χ0) is 14.8. The van der Waals surface area contributed by atoms with Gasteiger partial charge in [0.1, 0.15) is 11.6 Å². The summed E-state index contributed by atoms with van der Waals surface area (Å²) in [6.07, 6.45) is 0.267. The number of aliphatic hydroxyl groups is 1. The van der Waals surface area contributed by atoms with Gasteiger partial charge >= 0.3 is 0 Å². The fourth-order valence-corrected chi connectivity index (χ4v) is 2.39. The first-order valence-electron chi connectivity index (χ1n) is 6.37. The normalized spacial score (nSPS) is 14.1. The highest BCUT2D eigenvalue weighted by Gasteiger charge is 2.31. The lowest BCUT2D eigenvalue weighted by molar-refractivity contribution is 0.0283. The highest BCUT2D eigenvalue weighted by atomic mass is 35.5. The Morgan fingerprint density at radius 1 is 1.10 bits per heavy atom. The van der Waals surface area contributed by atoms with Gasteiger partial charge in [0, 0.05) is 17.0 Å². The van der Waals surface area contributed by atoms with E-state index in [4.69, 9.17) is 11.6 Å². The molecule has 1 atom stereocenters. The van der Waals surface area contributed by atoms with Crippen LogP contribution in [0, 0.1) is 11.6 Å². The van der Waals surface area contributed by atoms with E-state index in [9.17, 15) is 13.9 Å². The maximum absolute atomic E-state index is 13.9. The summed E-state index contributed by atoms with van der Waals surface area (Å²) in [4.78, 5) is 0. The largest absolute Gasteiger partial charge is 0.385 e. The third-order valence-electron chi connectivity index (χ3n) is 3.46. The van der Waals surface area contributed by atoms with Gasteiger partial charge in [-0.05, 0) is 30.2 Å². The van der Waals surface area contributed by atoms with Crippen LogP contribution in [0.1, 0.15) is 24.5 Å². The minimum Gasteiger partial charge on any atom is -0.385 e. The minimum atomic E-state index is -1.44. The van der Waals surface area contributed by atoms with Crippen LogP contribution in [0.2, 0.25) is 5.02 Å². The molecule has 0 aliphatic carbocycles. The molecular weight excluding hydrogens is 282 g/mol. The van der Waals surface area contributed by atoms with Crippen LogP contribution < -0.4 is 0 Å². The summed E-state index contributed by atoms with van der Waals surface area (Å²) in [5.41, 5.74) is -0.959. The molecule has 0 aliphatic rings. The van der Waals surface area contributed by atoms with Crippen molar-refractivity contribution in [3.63, 3.8) is 0 Å². The molecule has 0 fully saturated rings. The number of hydrogen-bond donors (Lipinski definition) is 1. The summed E-state index contributed by atoms with van der Waals surface area (Å²) in [6, 6.07) is 10.3. The lowest BCUT2D eigenvalue weighted by Gasteiger charge is -2.28. The molecule has 4 heteroatoms. The first-order valence-corrected chi connectivity index (χ1v) is 6.75. The van der Waals surface area contributed by atoms with Crippen LogP contribution in [-0.2, 0) is 12.0 Å². The number of rotatable bonds is 4. The Morgan fingerprint density at radius 3 is 2.40 bits per heavy atom. The summed E-state index contributed by atoms with van der Waals surface area (Å²) in [5.74, 6) is -0.994. The molecule has 0 spiro atoms. The molecule has 0 heterocycles. The smallest absolute Gasteiger partial charge is 0.129 e. The quantitative estimate of drug-likeness (QED) is 0.883. The third-order valence-corrected chi connectivity index (χ3v) is 3.69. The molecule has 0 amide bonds. The molecular formula is C16H15ClF2O. The first kappa shape index (κ1) is 14.9. The standard InChI is InChI=1S/C16H15ClF2O/c1-2-16(20,13-5-3-4-6-14(13)18)10-11-7-8-12(17)9-15(11)19/h3-9,20H,2,10H2,1H3. The van der Waals surface area contributed by atoms with Gasteiger partial charge in [-0.2, -0.15) is 0 Å².